The molecular formula is C7H4I2O4. The normalized spacial score (nSPS) is 9.85. The highest BCUT2D eigenvalue weighted by molar-refractivity contribution is 14.2. The number of hydrogen-bond donors (Lipinski definition) is 1. The summed E-state index contributed by atoms with van der Waals surface area (Å²) in [6.07, 6.45) is 0. The van der Waals surface area contributed by atoms with Gasteiger partial charge in [-0.05, 0) is 12.1 Å². The van der Waals surface area contributed by atoms with E-state index in [9.17, 15) is 10.9 Å². The molecule has 0 radical (unpaired) electrons. The van der Waals surface area contributed by atoms with Gasteiger partial charge in [-0.15, -0.1) is 0 Å². The standard InChI is InChI=1S/C7H4I2O4/c10-7(11)4-2-1-3-5(8-12)6(4)9-13/h1-3H,(H,10,11). The molecule has 6 heteroatoms. The zero-order valence-corrected chi connectivity index (χ0v) is 10.5. The van der Waals surface area contributed by atoms with Crippen LogP contribution in [0.4, 0.5) is 0 Å². The van der Waals surface area contributed by atoms with Crippen molar-refractivity contribution in [2.24, 2.45) is 0 Å². The maximum atomic E-state index is 10.8. The summed E-state index contributed by atoms with van der Waals surface area (Å²) in [6.45, 7) is 0. The molecule has 1 aromatic rings. The van der Waals surface area contributed by atoms with E-state index in [-0.39, 0.29) is 9.13 Å². The molecule has 0 saturated carbocycles. The lowest BCUT2D eigenvalue weighted by Crippen LogP contribution is -2.00. The highest BCUT2D eigenvalue weighted by atomic mass is 127. The van der Waals surface area contributed by atoms with Crippen LogP contribution in [0.3, 0.4) is 0 Å². The zero-order chi connectivity index (χ0) is 9.84. The molecular weight excluding hydrogens is 402 g/mol. The molecule has 0 aliphatic rings. The van der Waals surface area contributed by atoms with Gasteiger partial charge in [0, 0.05) is 0 Å². The van der Waals surface area contributed by atoms with Gasteiger partial charge in [-0.1, -0.05) is 6.07 Å². The van der Waals surface area contributed by atoms with E-state index in [2.05, 4.69) is 0 Å². The number of halogens is 2. The van der Waals surface area contributed by atoms with Crippen molar-refractivity contribution in [3.63, 3.8) is 0 Å². The molecule has 0 spiro atoms. The van der Waals surface area contributed by atoms with Crippen LogP contribution in [0.1, 0.15) is 10.4 Å². The third-order valence-corrected chi connectivity index (χ3v) is 5.35. The monoisotopic (exact) mass is 406 g/mol. The molecule has 1 aromatic carbocycles. The summed E-state index contributed by atoms with van der Waals surface area (Å²) in [5.74, 6) is -1.12. The minimum Gasteiger partial charge on any atom is -0.478 e. The molecule has 1 N–H and O–H groups in total. The molecule has 70 valence electrons. The van der Waals surface area contributed by atoms with E-state index >= 15 is 0 Å². The number of benzene rings is 1. The van der Waals surface area contributed by atoms with Crippen LogP contribution in [0.2, 0.25) is 0 Å². The molecule has 0 unspecified atom stereocenters. The first-order valence-electron chi connectivity index (χ1n) is 3.11. The summed E-state index contributed by atoms with van der Waals surface area (Å²) in [7, 11) is 0. The van der Waals surface area contributed by atoms with Gasteiger partial charge in [0.1, 0.15) is 0 Å². The summed E-state index contributed by atoms with van der Waals surface area (Å²) >= 11 is -3.02. The van der Waals surface area contributed by atoms with Gasteiger partial charge in [0.2, 0.25) is 0 Å². The van der Waals surface area contributed by atoms with Gasteiger partial charge >= 0.3 is 5.97 Å². The second-order valence-electron chi connectivity index (χ2n) is 2.06. The quantitative estimate of drug-likeness (QED) is 0.783. The average Bonchev–Trinajstić information content (AvgIpc) is 2.16. The van der Waals surface area contributed by atoms with E-state index in [1.807, 2.05) is 0 Å². The van der Waals surface area contributed by atoms with Crippen LogP contribution >= 0.6 is 42.4 Å². The predicted molar refractivity (Wildman–Crippen MR) is 60.2 cm³/mol. The Balaban J connectivity index is 3.43. The van der Waals surface area contributed by atoms with Crippen LogP contribution in [0, 0.1) is 7.14 Å². The van der Waals surface area contributed by atoms with Crippen LogP contribution in [0.25, 0.3) is 0 Å². The van der Waals surface area contributed by atoms with Gasteiger partial charge in [-0.3, -0.25) is 6.14 Å². The van der Waals surface area contributed by atoms with Gasteiger partial charge in [0.25, 0.3) is 0 Å². The van der Waals surface area contributed by atoms with E-state index in [1.165, 1.54) is 12.1 Å². The summed E-state index contributed by atoms with van der Waals surface area (Å²) < 4.78 is 22.1. The van der Waals surface area contributed by atoms with Crippen LogP contribution in [-0.4, -0.2) is 11.1 Å². The second kappa shape index (κ2) is 4.84. The maximum absolute atomic E-state index is 10.8. The Morgan fingerprint density at radius 1 is 1.23 bits per heavy atom. The molecule has 0 aliphatic heterocycles. The molecule has 0 aliphatic carbocycles. The van der Waals surface area contributed by atoms with E-state index < -0.39 is 48.4 Å². The molecule has 0 bridgehead atoms. The number of rotatable bonds is 3. The Bertz CT molecular complexity index is 375. The second-order valence-corrected chi connectivity index (χ2v) is 5.18. The first-order chi connectivity index (χ1) is 6.20. The fourth-order valence-corrected chi connectivity index (χ4v) is 3.80. The summed E-state index contributed by atoms with van der Waals surface area (Å²) in [6, 6.07) is 4.44. The SMILES string of the molecule is O=Ic1cccc(C(=O)O)c1I=O. The number of carboxylic acids is 1. The van der Waals surface area contributed by atoms with Gasteiger partial charge in [-0.2, -0.15) is 0 Å². The molecule has 0 heterocycles. The maximum Gasteiger partial charge on any atom is 0.336 e. The molecule has 0 aromatic heterocycles. The number of carboxylic acid groups (broad SMARTS) is 1. The first kappa shape index (κ1) is 10.8. The molecule has 0 amide bonds. The number of carbonyl (C=O) groups is 1. The highest BCUT2D eigenvalue weighted by Gasteiger charge is 2.13. The lowest BCUT2D eigenvalue weighted by atomic mass is 10.2. The topological polar surface area (TPSA) is 71.4 Å². The number of hydrogen-bond acceptors (Lipinski definition) is 3. The molecule has 0 fully saturated rings. The van der Waals surface area contributed by atoms with Gasteiger partial charge < -0.3 is 5.11 Å². The van der Waals surface area contributed by atoms with Crippen molar-refractivity contribution in [2.75, 3.05) is 0 Å². The van der Waals surface area contributed by atoms with Gasteiger partial charge in [-0.25, -0.2) is 4.79 Å². The molecule has 13 heavy (non-hydrogen) atoms. The Labute approximate surface area is 94.6 Å². The third kappa shape index (κ3) is 2.36. The summed E-state index contributed by atoms with van der Waals surface area (Å²) in [4.78, 5) is 10.6. The Morgan fingerprint density at radius 3 is 2.38 bits per heavy atom. The average molecular weight is 406 g/mol. The smallest absolute Gasteiger partial charge is 0.336 e. The third-order valence-electron chi connectivity index (χ3n) is 1.34. The zero-order valence-electron chi connectivity index (χ0n) is 6.16. The lowest BCUT2D eigenvalue weighted by molar-refractivity contribution is 0.0695. The van der Waals surface area contributed by atoms with E-state index in [4.69, 9.17) is 5.11 Å². The van der Waals surface area contributed by atoms with E-state index in [1.54, 1.807) is 6.07 Å². The van der Waals surface area contributed by atoms with E-state index in [0.29, 0.717) is 3.57 Å². The van der Waals surface area contributed by atoms with Crippen molar-refractivity contribution < 1.29 is 16.0 Å². The van der Waals surface area contributed by atoms with Crippen LogP contribution < -0.4 is 0 Å². The van der Waals surface area contributed by atoms with Crippen molar-refractivity contribution in [3.05, 3.63) is 30.9 Å². The Kier molecular flexibility index (Phi) is 4.03. The first-order valence-corrected chi connectivity index (χ1v) is 7.03. The largest absolute Gasteiger partial charge is 0.478 e. The van der Waals surface area contributed by atoms with Gasteiger partial charge in [0.15, 0.2) is 42.4 Å². The van der Waals surface area contributed by atoms with Crippen LogP contribution in [-0.2, 0) is 6.14 Å². The molecule has 0 saturated heterocycles. The summed E-state index contributed by atoms with van der Waals surface area (Å²) in [5, 5.41) is 8.71. The van der Waals surface area contributed by atoms with Crippen LogP contribution in [0.5, 0.6) is 0 Å². The predicted octanol–water partition coefficient (Wildman–Crippen LogP) is 2.36. The Hall–Kier alpha value is -0.250. The van der Waals surface area contributed by atoms with Crippen molar-refractivity contribution in [1.29, 1.82) is 0 Å². The van der Waals surface area contributed by atoms with Crippen molar-refractivity contribution >= 4 is 48.4 Å². The fraction of sp³-hybridized carbons (Fsp3) is 0. The van der Waals surface area contributed by atoms with Crippen molar-refractivity contribution in [1.82, 2.24) is 0 Å². The number of aromatic carboxylic acids is 1. The summed E-state index contributed by atoms with van der Waals surface area (Å²) in [5.41, 5.74) is 0.0100. The lowest BCUT2D eigenvalue weighted by Gasteiger charge is -1.98. The molecule has 1 rings (SSSR count). The molecule has 4 nitrogen and oxygen atoms in total. The van der Waals surface area contributed by atoms with E-state index in [0.717, 1.165) is 0 Å². The highest BCUT2D eigenvalue weighted by Crippen LogP contribution is 2.24. The van der Waals surface area contributed by atoms with Crippen LogP contribution in [0.15, 0.2) is 18.2 Å². The molecule has 0 atom stereocenters. The van der Waals surface area contributed by atoms with Crippen molar-refractivity contribution in [3.8, 4) is 0 Å². The fourth-order valence-electron chi connectivity index (χ4n) is 0.807. The Morgan fingerprint density at radius 2 is 1.92 bits per heavy atom. The minimum absolute atomic E-state index is 0.0100. The van der Waals surface area contributed by atoms with Gasteiger partial charge in [0.05, 0.1) is 12.7 Å². The van der Waals surface area contributed by atoms with Crippen molar-refractivity contribution in [2.45, 2.75) is 0 Å². The minimum atomic E-state index is -1.58.